The fourth-order valence-electron chi connectivity index (χ4n) is 2.07. The molecule has 3 aromatic rings. The third-order valence-corrected chi connectivity index (χ3v) is 3.14. The van der Waals surface area contributed by atoms with Gasteiger partial charge in [0.25, 0.3) is 0 Å². The van der Waals surface area contributed by atoms with Gasteiger partial charge in [-0.25, -0.2) is 9.97 Å². The number of nitrogens with two attached hydrogens (primary N) is 1. The van der Waals surface area contributed by atoms with Crippen molar-refractivity contribution in [3.63, 3.8) is 0 Å². The number of fused-ring (bicyclic) bond motifs is 1. The summed E-state index contributed by atoms with van der Waals surface area (Å²) in [5, 5.41) is 0.823. The molecule has 3 rings (SSSR count). The van der Waals surface area contributed by atoms with Crippen LogP contribution in [0.25, 0.3) is 22.2 Å². The van der Waals surface area contributed by atoms with Crippen LogP contribution in [0.4, 0.5) is 5.95 Å². The Balaban J connectivity index is 0.000000924. The maximum absolute atomic E-state index is 5.55. The van der Waals surface area contributed by atoms with Crippen molar-refractivity contribution in [3.8, 4) is 22.6 Å². The fraction of sp³-hybridized carbons (Fsp3) is 0.235. The van der Waals surface area contributed by atoms with Gasteiger partial charge in [0.05, 0.1) is 14.2 Å². The molecular weight excluding hydrogens is 292 g/mol. The van der Waals surface area contributed by atoms with Crippen LogP contribution in [0, 0.1) is 0 Å². The largest absolute Gasteiger partial charge is 0.497 e. The summed E-state index contributed by atoms with van der Waals surface area (Å²) in [6.45, 7) is 4.00. The Kier molecular flexibility index (Phi) is 5.30. The van der Waals surface area contributed by atoms with Crippen LogP contribution in [0.15, 0.2) is 36.7 Å². The molecule has 0 atom stereocenters. The SMILES string of the molecule is CC.COc1cc(OC)cc(-c2cnc3nc(N)ncc3c2)c1. The van der Waals surface area contributed by atoms with E-state index in [4.69, 9.17) is 15.2 Å². The maximum Gasteiger partial charge on any atom is 0.222 e. The Morgan fingerprint density at radius 2 is 1.48 bits per heavy atom. The van der Waals surface area contributed by atoms with Crippen molar-refractivity contribution in [2.24, 2.45) is 0 Å². The predicted octanol–water partition coefficient (Wildman–Crippen LogP) is 3.32. The van der Waals surface area contributed by atoms with Gasteiger partial charge in [-0.1, -0.05) is 13.8 Å². The Morgan fingerprint density at radius 3 is 2.09 bits per heavy atom. The van der Waals surface area contributed by atoms with Gasteiger partial charge in [-0.3, -0.25) is 0 Å². The predicted molar refractivity (Wildman–Crippen MR) is 91.6 cm³/mol. The number of rotatable bonds is 3. The van der Waals surface area contributed by atoms with E-state index >= 15 is 0 Å². The molecule has 0 fully saturated rings. The molecular formula is C17H20N4O2. The monoisotopic (exact) mass is 312 g/mol. The molecule has 6 nitrogen and oxygen atoms in total. The summed E-state index contributed by atoms with van der Waals surface area (Å²) >= 11 is 0. The Labute approximate surface area is 135 Å². The normalized spacial score (nSPS) is 9.91. The second-order valence-electron chi connectivity index (χ2n) is 4.47. The average molecular weight is 312 g/mol. The number of aromatic nitrogens is 3. The van der Waals surface area contributed by atoms with Crippen LogP contribution < -0.4 is 15.2 Å². The smallest absolute Gasteiger partial charge is 0.222 e. The van der Waals surface area contributed by atoms with Crippen LogP contribution in [0.3, 0.4) is 0 Å². The number of hydrogen-bond acceptors (Lipinski definition) is 6. The van der Waals surface area contributed by atoms with E-state index in [9.17, 15) is 0 Å². The van der Waals surface area contributed by atoms with E-state index in [1.165, 1.54) is 0 Å². The number of benzene rings is 1. The molecule has 0 aliphatic rings. The summed E-state index contributed by atoms with van der Waals surface area (Å²) in [7, 11) is 3.24. The van der Waals surface area contributed by atoms with Crippen LogP contribution in [0.5, 0.6) is 11.5 Å². The third kappa shape index (κ3) is 3.66. The molecule has 2 aromatic heterocycles. The van der Waals surface area contributed by atoms with Crippen LogP contribution in [-0.4, -0.2) is 29.2 Å². The first kappa shape index (κ1) is 16.5. The second kappa shape index (κ2) is 7.40. The van der Waals surface area contributed by atoms with Crippen LogP contribution in [-0.2, 0) is 0 Å². The highest BCUT2D eigenvalue weighted by Crippen LogP contribution is 2.30. The lowest BCUT2D eigenvalue weighted by atomic mass is 10.1. The van der Waals surface area contributed by atoms with Gasteiger partial charge in [-0.05, 0) is 23.8 Å². The molecule has 2 heterocycles. The maximum atomic E-state index is 5.55. The van der Waals surface area contributed by atoms with E-state index in [0.717, 1.165) is 28.0 Å². The fourth-order valence-corrected chi connectivity index (χ4v) is 2.07. The third-order valence-electron chi connectivity index (χ3n) is 3.14. The molecule has 0 unspecified atom stereocenters. The topological polar surface area (TPSA) is 83.2 Å². The zero-order chi connectivity index (χ0) is 16.8. The summed E-state index contributed by atoms with van der Waals surface area (Å²) < 4.78 is 10.6. The van der Waals surface area contributed by atoms with Gasteiger partial charge in [0.15, 0.2) is 5.65 Å². The first-order valence-electron chi connectivity index (χ1n) is 7.31. The molecule has 0 saturated heterocycles. The zero-order valence-electron chi connectivity index (χ0n) is 13.7. The van der Waals surface area contributed by atoms with Gasteiger partial charge < -0.3 is 15.2 Å². The van der Waals surface area contributed by atoms with Gasteiger partial charge in [-0.15, -0.1) is 0 Å². The molecule has 2 N–H and O–H groups in total. The minimum Gasteiger partial charge on any atom is -0.497 e. The first-order chi connectivity index (χ1) is 11.2. The zero-order valence-corrected chi connectivity index (χ0v) is 13.7. The van der Waals surface area contributed by atoms with Gasteiger partial charge in [0.1, 0.15) is 11.5 Å². The van der Waals surface area contributed by atoms with E-state index in [2.05, 4.69) is 15.0 Å². The minimum atomic E-state index is 0.214. The van der Waals surface area contributed by atoms with Gasteiger partial charge in [0, 0.05) is 29.4 Å². The quantitative estimate of drug-likeness (QED) is 0.798. The molecule has 120 valence electrons. The molecule has 6 heteroatoms. The highest BCUT2D eigenvalue weighted by Gasteiger charge is 2.07. The highest BCUT2D eigenvalue weighted by atomic mass is 16.5. The molecule has 1 aromatic carbocycles. The molecule has 23 heavy (non-hydrogen) atoms. The molecule has 0 radical (unpaired) electrons. The number of pyridine rings is 1. The molecule has 0 saturated carbocycles. The van der Waals surface area contributed by atoms with Gasteiger partial charge in [-0.2, -0.15) is 4.98 Å². The Morgan fingerprint density at radius 1 is 0.826 bits per heavy atom. The first-order valence-corrected chi connectivity index (χ1v) is 7.31. The number of nitrogens with zero attached hydrogens (tertiary/aromatic N) is 3. The summed E-state index contributed by atoms with van der Waals surface area (Å²) in [5.41, 5.74) is 7.99. The summed E-state index contributed by atoms with van der Waals surface area (Å²) in [5.74, 6) is 1.65. The number of ether oxygens (including phenoxy) is 2. The molecule has 0 aliphatic carbocycles. The molecule has 0 bridgehead atoms. The van der Waals surface area contributed by atoms with E-state index < -0.39 is 0 Å². The number of methoxy groups -OCH3 is 2. The Hall–Kier alpha value is -2.89. The van der Waals surface area contributed by atoms with Crippen molar-refractivity contribution in [1.82, 2.24) is 15.0 Å². The van der Waals surface area contributed by atoms with E-state index in [0.29, 0.717) is 5.65 Å². The molecule has 0 spiro atoms. The van der Waals surface area contributed by atoms with Gasteiger partial charge in [0.2, 0.25) is 5.95 Å². The van der Waals surface area contributed by atoms with E-state index in [-0.39, 0.29) is 5.95 Å². The lowest BCUT2D eigenvalue weighted by Gasteiger charge is -2.09. The lowest BCUT2D eigenvalue weighted by molar-refractivity contribution is 0.394. The number of anilines is 1. The van der Waals surface area contributed by atoms with E-state index in [1.807, 2.05) is 38.1 Å². The van der Waals surface area contributed by atoms with Crippen LogP contribution in [0.1, 0.15) is 13.8 Å². The number of hydrogen-bond donors (Lipinski definition) is 1. The lowest BCUT2D eigenvalue weighted by Crippen LogP contribution is -1.96. The van der Waals surface area contributed by atoms with E-state index in [1.54, 1.807) is 26.6 Å². The summed E-state index contributed by atoms with van der Waals surface area (Å²) in [4.78, 5) is 12.4. The standard InChI is InChI=1S/C15H14N4O2.C2H6/c1-20-12-4-9(5-13(6-12)21-2)10-3-11-8-18-15(16)19-14(11)17-7-10;1-2/h3-8H,1-2H3,(H2,16,17,18,19);1-2H3. The summed E-state index contributed by atoms with van der Waals surface area (Å²) in [6.07, 6.45) is 3.40. The molecule has 0 aliphatic heterocycles. The van der Waals surface area contributed by atoms with Crippen LogP contribution >= 0.6 is 0 Å². The van der Waals surface area contributed by atoms with Crippen molar-refractivity contribution in [3.05, 3.63) is 36.7 Å². The van der Waals surface area contributed by atoms with Crippen molar-refractivity contribution in [2.75, 3.05) is 20.0 Å². The van der Waals surface area contributed by atoms with Crippen molar-refractivity contribution >= 4 is 17.0 Å². The van der Waals surface area contributed by atoms with Crippen LogP contribution in [0.2, 0.25) is 0 Å². The second-order valence-corrected chi connectivity index (χ2v) is 4.47. The molecule has 0 amide bonds. The summed E-state index contributed by atoms with van der Waals surface area (Å²) in [6, 6.07) is 7.62. The van der Waals surface area contributed by atoms with Gasteiger partial charge >= 0.3 is 0 Å². The van der Waals surface area contributed by atoms with Crippen molar-refractivity contribution in [2.45, 2.75) is 13.8 Å². The number of nitrogen functional groups attached to an aromatic ring is 1. The average Bonchev–Trinajstić information content (AvgIpc) is 2.62. The minimum absolute atomic E-state index is 0.214. The Bertz CT molecular complexity index is 783. The van der Waals surface area contributed by atoms with Crippen molar-refractivity contribution in [1.29, 1.82) is 0 Å². The van der Waals surface area contributed by atoms with Crippen molar-refractivity contribution < 1.29 is 9.47 Å². The highest BCUT2D eigenvalue weighted by molar-refractivity contribution is 5.81.